The molecule has 4 fully saturated rings. The van der Waals surface area contributed by atoms with Gasteiger partial charge in [0.1, 0.15) is 11.5 Å². The first-order valence-corrected chi connectivity index (χ1v) is 31.5. The van der Waals surface area contributed by atoms with Crippen LogP contribution in [0.1, 0.15) is 143 Å². The molecule has 2 saturated heterocycles. The highest BCUT2D eigenvalue weighted by Crippen LogP contribution is 2.54. The second-order valence-corrected chi connectivity index (χ2v) is 24.5. The standard InChI is InChI=1S/2C36H39N5O3/c2*1-44-26-17-15-24(16-18-26)23-41-32(19-21-37-41)33-29-20-22-40(34(29)27-11-5-7-13-30(27)38-33)36(43)28-12-6-8-14-31(28)39-35(42)25-9-3-2-4-10-25/h2*2-5,7,9-11,13,15-19,21,28-29,31,33-34,38H,6,8,12,14,20,22-23H2,1H3,(H,39,42)/t28-,29+,31+,33+,34-;28-,29-,31+,33-,34+/m00/s1. The number of hydrogen-bond acceptors (Lipinski definition) is 10. The second-order valence-electron chi connectivity index (χ2n) is 24.5. The maximum atomic E-state index is 14.5. The molecule has 2 aliphatic carbocycles. The number of ether oxygens (including phenoxy) is 2. The van der Waals surface area contributed by atoms with Crippen LogP contribution in [0.25, 0.3) is 0 Å². The van der Waals surface area contributed by atoms with E-state index in [0.29, 0.717) is 37.3 Å². The summed E-state index contributed by atoms with van der Waals surface area (Å²) in [5.41, 5.74) is 10.2. The van der Waals surface area contributed by atoms with Crippen LogP contribution in [0, 0.1) is 23.7 Å². The third kappa shape index (κ3) is 11.9. The maximum Gasteiger partial charge on any atom is 0.251 e. The third-order valence-corrected chi connectivity index (χ3v) is 19.5. The highest BCUT2D eigenvalue weighted by molar-refractivity contribution is 5.95. The number of hydrogen-bond donors (Lipinski definition) is 4. The van der Waals surface area contributed by atoms with Crippen molar-refractivity contribution in [1.82, 2.24) is 40.0 Å². The molecule has 8 aromatic rings. The van der Waals surface area contributed by atoms with E-state index in [1.165, 1.54) is 11.1 Å². The zero-order valence-corrected chi connectivity index (χ0v) is 50.1. The molecule has 0 spiro atoms. The normalized spacial score (nSPS) is 24.1. The zero-order chi connectivity index (χ0) is 60.1. The fourth-order valence-corrected chi connectivity index (χ4v) is 15.1. The molecular formula is C72H78N10O6. The van der Waals surface area contributed by atoms with E-state index in [0.717, 1.165) is 110 Å². The van der Waals surface area contributed by atoms with Crippen molar-refractivity contribution in [1.29, 1.82) is 0 Å². The zero-order valence-electron chi connectivity index (χ0n) is 50.1. The molecule has 452 valence electrons. The van der Waals surface area contributed by atoms with Gasteiger partial charge < -0.3 is 40.5 Å². The lowest BCUT2D eigenvalue weighted by molar-refractivity contribution is -0.139. The number of nitrogens with zero attached hydrogens (tertiary/aromatic N) is 6. The van der Waals surface area contributed by atoms with Crippen molar-refractivity contribution < 1.29 is 28.7 Å². The lowest BCUT2D eigenvalue weighted by atomic mass is 9.80. The Morgan fingerprint density at radius 3 is 1.26 bits per heavy atom. The number of carbonyl (C=O) groups excluding carboxylic acids is 4. The first-order chi connectivity index (χ1) is 43.2. The molecule has 6 aliphatic rings. The molecule has 4 N–H and O–H groups in total. The molecule has 2 saturated carbocycles. The van der Waals surface area contributed by atoms with E-state index >= 15 is 0 Å². The lowest BCUT2D eigenvalue weighted by Gasteiger charge is -2.42. The molecule has 4 aliphatic heterocycles. The number of fused-ring (bicyclic) bond motifs is 6. The van der Waals surface area contributed by atoms with Crippen molar-refractivity contribution >= 4 is 35.0 Å². The SMILES string of the molecule is COc1ccc(Cn2nccc2[C@@H]2Nc3ccccc3[C@H]3[C@@H]2CCN3C(=O)[C@H]2CCCC[C@H]2NC(=O)c2ccccc2)cc1.COc1ccc(Cn2nccc2[C@H]2Nc3ccccc3[C@@H]3[C@H]2CCN3C(=O)[C@H]2CCCC[C@H]2NC(=O)c2ccccc2)cc1. The van der Waals surface area contributed by atoms with Crippen LogP contribution in [-0.2, 0) is 22.7 Å². The molecule has 6 heterocycles. The Bertz CT molecular complexity index is 3480. The van der Waals surface area contributed by atoms with Gasteiger partial charge in [-0.3, -0.25) is 28.5 Å². The van der Waals surface area contributed by atoms with Crippen molar-refractivity contribution in [2.45, 2.75) is 114 Å². The molecular weight excluding hydrogens is 1100 g/mol. The minimum atomic E-state index is -0.226. The Morgan fingerprint density at radius 2 is 0.852 bits per heavy atom. The largest absolute Gasteiger partial charge is 0.497 e. The summed E-state index contributed by atoms with van der Waals surface area (Å²) >= 11 is 0. The van der Waals surface area contributed by atoms with Gasteiger partial charge >= 0.3 is 0 Å². The van der Waals surface area contributed by atoms with Crippen molar-refractivity contribution in [3.63, 3.8) is 0 Å². The number of carbonyl (C=O) groups is 4. The summed E-state index contributed by atoms with van der Waals surface area (Å²) in [5.74, 6) is 1.72. The average molecular weight is 1180 g/mol. The van der Waals surface area contributed by atoms with Crippen LogP contribution in [0.2, 0.25) is 0 Å². The average Bonchev–Trinajstić information content (AvgIpc) is 1.81. The molecule has 0 bridgehead atoms. The Labute approximate surface area is 515 Å². The number of para-hydroxylation sites is 2. The quantitative estimate of drug-likeness (QED) is 0.0819. The Kier molecular flexibility index (Phi) is 17.1. The van der Waals surface area contributed by atoms with Gasteiger partial charge in [-0.1, -0.05) is 123 Å². The highest BCUT2D eigenvalue weighted by atomic mass is 16.5. The van der Waals surface area contributed by atoms with Gasteiger partial charge in [0.25, 0.3) is 11.8 Å². The third-order valence-electron chi connectivity index (χ3n) is 19.5. The number of amides is 4. The molecule has 14 rings (SSSR count). The van der Waals surface area contributed by atoms with Crippen LogP contribution < -0.4 is 30.7 Å². The van der Waals surface area contributed by atoms with Crippen LogP contribution in [0.5, 0.6) is 11.5 Å². The van der Waals surface area contributed by atoms with E-state index < -0.39 is 0 Å². The first kappa shape index (κ1) is 57.9. The summed E-state index contributed by atoms with van der Waals surface area (Å²) in [6.07, 6.45) is 12.8. The van der Waals surface area contributed by atoms with Gasteiger partial charge in [0, 0.05) is 71.9 Å². The smallest absolute Gasteiger partial charge is 0.251 e. The first-order valence-electron chi connectivity index (χ1n) is 31.5. The van der Waals surface area contributed by atoms with E-state index in [4.69, 9.17) is 19.7 Å². The lowest BCUT2D eigenvalue weighted by Crippen LogP contribution is -2.50. The summed E-state index contributed by atoms with van der Waals surface area (Å²) in [6.45, 7) is 2.69. The van der Waals surface area contributed by atoms with Crippen LogP contribution >= 0.6 is 0 Å². The number of nitrogens with one attached hydrogen (secondary N) is 4. The minimum Gasteiger partial charge on any atom is -0.497 e. The molecule has 16 nitrogen and oxygen atoms in total. The van der Waals surface area contributed by atoms with Crippen molar-refractivity contribution in [3.8, 4) is 11.5 Å². The summed E-state index contributed by atoms with van der Waals surface area (Å²) in [4.78, 5) is 59.4. The second kappa shape index (κ2) is 26.0. The van der Waals surface area contributed by atoms with E-state index in [2.05, 4.69) is 125 Å². The predicted octanol–water partition coefficient (Wildman–Crippen LogP) is 12.0. The van der Waals surface area contributed by atoms with Gasteiger partial charge in [-0.15, -0.1) is 0 Å². The van der Waals surface area contributed by atoms with Gasteiger partial charge in [-0.2, -0.15) is 10.2 Å². The monoisotopic (exact) mass is 1180 g/mol. The van der Waals surface area contributed by atoms with Crippen LogP contribution in [0.4, 0.5) is 11.4 Å². The topological polar surface area (TPSA) is 177 Å². The maximum absolute atomic E-state index is 14.5. The fourth-order valence-electron chi connectivity index (χ4n) is 15.1. The van der Waals surface area contributed by atoms with Crippen LogP contribution in [-0.4, -0.2) is 92.4 Å². The number of rotatable bonds is 14. The number of anilines is 2. The van der Waals surface area contributed by atoms with Gasteiger partial charge in [0.2, 0.25) is 11.8 Å². The minimum absolute atomic E-state index is 0.00776. The van der Waals surface area contributed by atoms with Gasteiger partial charge in [0.15, 0.2) is 0 Å². The molecule has 4 amide bonds. The molecule has 6 aromatic carbocycles. The van der Waals surface area contributed by atoms with Crippen molar-refractivity contribution in [2.24, 2.45) is 23.7 Å². The Balaban J connectivity index is 0.000000162. The number of likely N-dealkylation sites (tertiary alicyclic amines) is 2. The molecule has 88 heavy (non-hydrogen) atoms. The van der Waals surface area contributed by atoms with Crippen LogP contribution in [0.15, 0.2) is 182 Å². The number of benzene rings is 6. The predicted molar refractivity (Wildman–Crippen MR) is 339 cm³/mol. The molecule has 0 unspecified atom stereocenters. The van der Waals surface area contributed by atoms with E-state index in [1.807, 2.05) is 97.3 Å². The van der Waals surface area contributed by atoms with Gasteiger partial charge in [-0.25, -0.2) is 0 Å². The Hall–Kier alpha value is -9.18. The van der Waals surface area contributed by atoms with Crippen molar-refractivity contribution in [3.05, 3.63) is 227 Å². The highest BCUT2D eigenvalue weighted by Gasteiger charge is 2.51. The molecule has 10 atom stereocenters. The van der Waals surface area contributed by atoms with E-state index in [9.17, 15) is 19.2 Å². The molecule has 2 aromatic heterocycles. The number of methoxy groups -OCH3 is 2. The Morgan fingerprint density at radius 1 is 0.466 bits per heavy atom. The van der Waals surface area contributed by atoms with Gasteiger partial charge in [-0.05, 0) is 134 Å². The van der Waals surface area contributed by atoms with E-state index in [1.54, 1.807) is 14.2 Å². The summed E-state index contributed by atoms with van der Waals surface area (Å²) in [6, 6.07) is 55.4. The van der Waals surface area contributed by atoms with E-state index in [-0.39, 0.29) is 83.6 Å². The molecule has 0 radical (unpaired) electrons. The van der Waals surface area contributed by atoms with Crippen LogP contribution in [0.3, 0.4) is 0 Å². The van der Waals surface area contributed by atoms with Crippen molar-refractivity contribution in [2.75, 3.05) is 37.9 Å². The van der Waals surface area contributed by atoms with Gasteiger partial charge in [0.05, 0.1) is 74.7 Å². The number of aromatic nitrogens is 4. The summed E-state index contributed by atoms with van der Waals surface area (Å²) in [7, 11) is 3.35. The molecule has 16 heteroatoms. The summed E-state index contributed by atoms with van der Waals surface area (Å²) < 4.78 is 14.8. The summed E-state index contributed by atoms with van der Waals surface area (Å²) in [5, 5.41) is 23.6. The fraction of sp³-hybridized carbons (Fsp3) is 0.361.